The Morgan fingerprint density at radius 3 is 2.54 bits per heavy atom. The van der Waals surface area contributed by atoms with Gasteiger partial charge in [0.05, 0.1) is 6.20 Å². The average molecular weight is 475 g/mol. The Morgan fingerprint density at radius 2 is 1.86 bits per heavy atom. The summed E-state index contributed by atoms with van der Waals surface area (Å²) in [6, 6.07) is 16.1. The van der Waals surface area contributed by atoms with Gasteiger partial charge in [-0.2, -0.15) is 0 Å². The normalized spacial score (nSPS) is 16.3. The van der Waals surface area contributed by atoms with Crippen LogP contribution in [-0.4, -0.2) is 27.4 Å². The molecule has 3 aromatic rings. The van der Waals surface area contributed by atoms with Crippen LogP contribution >= 0.6 is 0 Å². The molecule has 1 atom stereocenters. The predicted molar refractivity (Wildman–Crippen MR) is 130 cm³/mol. The second-order valence-corrected chi connectivity index (χ2v) is 8.48. The van der Waals surface area contributed by atoms with Crippen molar-refractivity contribution in [2.75, 3.05) is 5.32 Å². The lowest BCUT2D eigenvalue weighted by Crippen LogP contribution is -2.49. The van der Waals surface area contributed by atoms with E-state index in [9.17, 15) is 14.4 Å². The molecular weight excluding hydrogens is 448 g/mol. The number of nitrogens with zero attached hydrogens (tertiary/aromatic N) is 2. The van der Waals surface area contributed by atoms with Crippen LogP contribution in [0.5, 0.6) is 0 Å². The van der Waals surface area contributed by atoms with Gasteiger partial charge in [-0.05, 0) is 24.5 Å². The number of amides is 2. The van der Waals surface area contributed by atoms with Crippen molar-refractivity contribution in [3.8, 4) is 0 Å². The highest BCUT2D eigenvalue weighted by molar-refractivity contribution is 5.94. The fraction of sp³-hybridized carbons (Fsp3) is 0.240. The standard InChI is InChI=1S/C25H26N6O4/c1-25(23(33)29-13-16-7-9-18(10-8-16)21(26)27)12-11-20-28-14-19(22(32)31(20)25)30-24(34)35-15-17-5-3-2-4-6-17/h2-10,14H,11-13,15H2,1H3,(H3,26,27)(H,29,33)(H,30,34). The van der Waals surface area contributed by atoms with Crippen molar-refractivity contribution in [1.29, 1.82) is 5.41 Å². The number of aryl methyl sites for hydroxylation is 1. The topological polar surface area (TPSA) is 152 Å². The first kappa shape index (κ1) is 23.7. The molecule has 0 bridgehead atoms. The number of anilines is 1. The molecule has 1 unspecified atom stereocenters. The quantitative estimate of drug-likeness (QED) is 0.304. The Hall–Kier alpha value is -4.47. The van der Waals surface area contributed by atoms with Gasteiger partial charge in [0.1, 0.15) is 29.5 Å². The number of hydrogen-bond donors (Lipinski definition) is 4. The second-order valence-electron chi connectivity index (χ2n) is 8.48. The summed E-state index contributed by atoms with van der Waals surface area (Å²) in [5, 5.41) is 12.8. The number of nitrogens with two attached hydrogens (primary N) is 1. The highest BCUT2D eigenvalue weighted by Gasteiger charge is 2.42. The Kier molecular flexibility index (Phi) is 6.63. The smallest absolute Gasteiger partial charge is 0.412 e. The number of nitrogens with one attached hydrogen (secondary N) is 3. The van der Waals surface area contributed by atoms with Crippen molar-refractivity contribution in [2.45, 2.75) is 38.5 Å². The number of fused-ring (bicyclic) bond motifs is 1. The van der Waals surface area contributed by atoms with Crippen LogP contribution in [-0.2, 0) is 34.6 Å². The summed E-state index contributed by atoms with van der Waals surface area (Å²) in [7, 11) is 0. The molecule has 1 aliphatic rings. The van der Waals surface area contributed by atoms with E-state index in [1.807, 2.05) is 30.3 Å². The molecule has 0 spiro atoms. The summed E-state index contributed by atoms with van der Waals surface area (Å²) in [5.41, 5.74) is 5.96. The van der Waals surface area contributed by atoms with Gasteiger partial charge in [-0.15, -0.1) is 0 Å². The number of rotatable bonds is 7. The summed E-state index contributed by atoms with van der Waals surface area (Å²) in [6.45, 7) is 1.98. The molecule has 2 amide bonds. The van der Waals surface area contributed by atoms with Gasteiger partial charge in [-0.3, -0.25) is 24.9 Å². The summed E-state index contributed by atoms with van der Waals surface area (Å²) in [4.78, 5) is 42.9. The third-order valence-electron chi connectivity index (χ3n) is 6.02. The minimum atomic E-state index is -1.16. The minimum absolute atomic E-state index is 0.0316. The van der Waals surface area contributed by atoms with Crippen molar-refractivity contribution in [1.82, 2.24) is 14.9 Å². The van der Waals surface area contributed by atoms with Crippen molar-refractivity contribution in [3.05, 3.63) is 93.7 Å². The first-order chi connectivity index (χ1) is 16.8. The highest BCUT2D eigenvalue weighted by Crippen LogP contribution is 2.30. The van der Waals surface area contributed by atoms with E-state index in [1.165, 1.54) is 10.8 Å². The number of benzene rings is 2. The molecule has 4 rings (SSSR count). The number of aromatic nitrogens is 2. The summed E-state index contributed by atoms with van der Waals surface area (Å²) >= 11 is 0. The maximum Gasteiger partial charge on any atom is 0.412 e. The summed E-state index contributed by atoms with van der Waals surface area (Å²) < 4.78 is 6.53. The van der Waals surface area contributed by atoms with Crippen LogP contribution in [0.15, 0.2) is 65.6 Å². The summed E-state index contributed by atoms with van der Waals surface area (Å²) in [5.74, 6) is 0.108. The van der Waals surface area contributed by atoms with Crippen LogP contribution in [0.25, 0.3) is 0 Å². The van der Waals surface area contributed by atoms with E-state index in [2.05, 4.69) is 15.6 Å². The van der Waals surface area contributed by atoms with Gasteiger partial charge in [0, 0.05) is 18.5 Å². The monoisotopic (exact) mass is 474 g/mol. The molecule has 0 saturated heterocycles. The molecule has 1 aliphatic heterocycles. The molecule has 180 valence electrons. The zero-order chi connectivity index (χ0) is 25.0. The van der Waals surface area contributed by atoms with Crippen molar-refractivity contribution in [3.63, 3.8) is 0 Å². The number of ether oxygens (including phenoxy) is 1. The Labute approximate surface area is 201 Å². The number of hydrogen-bond acceptors (Lipinski definition) is 6. The lowest BCUT2D eigenvalue weighted by molar-refractivity contribution is -0.129. The number of carbonyl (C=O) groups is 2. The zero-order valence-electron chi connectivity index (χ0n) is 19.2. The third-order valence-corrected chi connectivity index (χ3v) is 6.02. The van der Waals surface area contributed by atoms with Crippen LogP contribution in [0.3, 0.4) is 0 Å². The molecule has 2 aromatic carbocycles. The van der Waals surface area contributed by atoms with Gasteiger partial charge < -0.3 is 15.8 Å². The molecule has 35 heavy (non-hydrogen) atoms. The minimum Gasteiger partial charge on any atom is -0.444 e. The highest BCUT2D eigenvalue weighted by atomic mass is 16.5. The Morgan fingerprint density at radius 1 is 1.14 bits per heavy atom. The third kappa shape index (κ3) is 5.06. The zero-order valence-corrected chi connectivity index (χ0v) is 19.2. The fourth-order valence-corrected chi connectivity index (χ4v) is 3.99. The fourth-order valence-electron chi connectivity index (χ4n) is 3.99. The Balaban J connectivity index is 1.45. The number of nitrogen functional groups attached to an aromatic ring is 1. The molecule has 0 aliphatic carbocycles. The maximum absolute atomic E-state index is 13.2. The summed E-state index contributed by atoms with van der Waals surface area (Å²) in [6.07, 6.45) is 1.35. The molecule has 2 heterocycles. The molecule has 0 saturated carbocycles. The molecule has 0 fully saturated rings. The van der Waals surface area contributed by atoms with E-state index >= 15 is 0 Å². The number of amidine groups is 1. The molecule has 0 radical (unpaired) electrons. The van der Waals surface area contributed by atoms with E-state index in [0.717, 1.165) is 11.1 Å². The Bertz CT molecular complexity index is 1320. The van der Waals surface area contributed by atoms with E-state index in [4.69, 9.17) is 15.9 Å². The van der Waals surface area contributed by atoms with Crippen LogP contribution < -0.4 is 21.9 Å². The van der Waals surface area contributed by atoms with Crippen molar-refractivity contribution in [2.24, 2.45) is 5.73 Å². The van der Waals surface area contributed by atoms with E-state index in [0.29, 0.717) is 24.2 Å². The molecular formula is C25H26N6O4. The largest absolute Gasteiger partial charge is 0.444 e. The van der Waals surface area contributed by atoms with Gasteiger partial charge in [0.15, 0.2) is 0 Å². The average Bonchev–Trinajstić information content (AvgIpc) is 3.22. The predicted octanol–water partition coefficient (Wildman–Crippen LogP) is 2.25. The molecule has 10 heteroatoms. The lowest BCUT2D eigenvalue weighted by atomic mass is 9.98. The molecule has 10 nitrogen and oxygen atoms in total. The van der Waals surface area contributed by atoms with E-state index in [-0.39, 0.29) is 30.6 Å². The maximum atomic E-state index is 13.2. The van der Waals surface area contributed by atoms with Crippen LogP contribution in [0, 0.1) is 5.41 Å². The van der Waals surface area contributed by atoms with E-state index < -0.39 is 17.2 Å². The van der Waals surface area contributed by atoms with Gasteiger partial charge in [-0.25, -0.2) is 9.78 Å². The van der Waals surface area contributed by atoms with Crippen LogP contribution in [0.2, 0.25) is 0 Å². The molecule has 5 N–H and O–H groups in total. The van der Waals surface area contributed by atoms with E-state index in [1.54, 1.807) is 31.2 Å². The first-order valence-electron chi connectivity index (χ1n) is 11.1. The van der Waals surface area contributed by atoms with Crippen molar-refractivity contribution >= 4 is 23.5 Å². The second kappa shape index (κ2) is 9.80. The van der Waals surface area contributed by atoms with Gasteiger partial charge in [-0.1, -0.05) is 54.6 Å². The van der Waals surface area contributed by atoms with Crippen molar-refractivity contribution < 1.29 is 14.3 Å². The SMILES string of the molecule is CC1(C(=O)NCc2ccc(C(=N)N)cc2)CCc2ncc(NC(=O)OCc3ccccc3)c(=O)n21. The van der Waals surface area contributed by atoms with Crippen LogP contribution in [0.4, 0.5) is 10.5 Å². The number of carbonyl (C=O) groups excluding carboxylic acids is 2. The van der Waals surface area contributed by atoms with Gasteiger partial charge >= 0.3 is 6.09 Å². The van der Waals surface area contributed by atoms with Gasteiger partial charge in [0.2, 0.25) is 5.91 Å². The van der Waals surface area contributed by atoms with Crippen LogP contribution in [0.1, 0.15) is 35.9 Å². The first-order valence-corrected chi connectivity index (χ1v) is 11.1. The lowest BCUT2D eigenvalue weighted by Gasteiger charge is -2.26. The molecule has 1 aromatic heterocycles. The van der Waals surface area contributed by atoms with Gasteiger partial charge in [0.25, 0.3) is 5.56 Å².